The number of benzene rings is 1. The molecule has 1 fully saturated rings. The maximum atomic E-state index is 12.0. The maximum absolute atomic E-state index is 12.0. The Bertz CT molecular complexity index is 513. The first-order valence-corrected chi connectivity index (χ1v) is 5.43. The summed E-state index contributed by atoms with van der Waals surface area (Å²) in [6, 6.07) is 7.59. The lowest BCUT2D eigenvalue weighted by Gasteiger charge is -2.10. The molecular formula is C13H14N2O2. The summed E-state index contributed by atoms with van der Waals surface area (Å²) < 4.78 is 5.58. The molecule has 1 aliphatic heterocycles. The second-order valence-electron chi connectivity index (χ2n) is 4.77. The van der Waals surface area contributed by atoms with Gasteiger partial charge in [-0.2, -0.15) is 4.79 Å². The molecule has 0 saturated carbocycles. The second kappa shape index (κ2) is 3.62. The Hall–Kier alpha value is -1.77. The van der Waals surface area contributed by atoms with Gasteiger partial charge in [-0.05, 0) is 26.3 Å². The van der Waals surface area contributed by atoms with E-state index in [4.69, 9.17) is 10.3 Å². The molecule has 1 heterocycles. The van der Waals surface area contributed by atoms with Crippen molar-refractivity contribution < 1.29 is 14.3 Å². The minimum absolute atomic E-state index is 0.339. The number of epoxide rings is 1. The van der Waals surface area contributed by atoms with Crippen LogP contribution in [0.4, 0.5) is 0 Å². The number of carbonyl (C=O) groups is 1. The fraction of sp³-hybridized carbons (Fsp3) is 0.385. The Morgan fingerprint density at radius 2 is 1.88 bits per heavy atom. The van der Waals surface area contributed by atoms with Crippen LogP contribution in [0.2, 0.25) is 0 Å². The van der Waals surface area contributed by atoms with Gasteiger partial charge in [0, 0.05) is 0 Å². The molecular weight excluding hydrogens is 216 g/mol. The third-order valence-corrected chi connectivity index (χ3v) is 3.19. The van der Waals surface area contributed by atoms with Crippen molar-refractivity contribution in [1.29, 1.82) is 0 Å². The van der Waals surface area contributed by atoms with Gasteiger partial charge in [0.2, 0.25) is 0 Å². The first kappa shape index (κ1) is 11.7. The van der Waals surface area contributed by atoms with E-state index >= 15 is 0 Å². The molecule has 1 atom stereocenters. The van der Waals surface area contributed by atoms with Crippen molar-refractivity contribution >= 4 is 12.0 Å². The van der Waals surface area contributed by atoms with Gasteiger partial charge in [0.1, 0.15) is 5.60 Å². The lowest BCUT2D eigenvalue weighted by atomic mass is 9.85. The van der Waals surface area contributed by atoms with Gasteiger partial charge in [0.25, 0.3) is 5.78 Å². The molecule has 1 saturated heterocycles. The zero-order valence-electron chi connectivity index (χ0n) is 10.1. The molecule has 0 aliphatic carbocycles. The smallest absolute Gasteiger partial charge is 0.326 e. The van der Waals surface area contributed by atoms with Crippen molar-refractivity contribution in [2.24, 2.45) is 0 Å². The van der Waals surface area contributed by atoms with Gasteiger partial charge in [0.05, 0.1) is 0 Å². The maximum Gasteiger partial charge on any atom is 0.326 e. The molecule has 4 heteroatoms. The van der Waals surface area contributed by atoms with Crippen LogP contribution in [-0.4, -0.2) is 22.4 Å². The average molecular weight is 230 g/mol. The number of hydrogen-bond acceptors (Lipinski definition) is 2. The van der Waals surface area contributed by atoms with Gasteiger partial charge in [-0.25, -0.2) is 0 Å². The van der Waals surface area contributed by atoms with E-state index in [1.807, 2.05) is 45.0 Å². The van der Waals surface area contributed by atoms with E-state index in [0.29, 0.717) is 0 Å². The first-order chi connectivity index (χ1) is 7.94. The van der Waals surface area contributed by atoms with E-state index < -0.39 is 11.2 Å². The van der Waals surface area contributed by atoms with Crippen LogP contribution >= 0.6 is 0 Å². The van der Waals surface area contributed by atoms with Crippen molar-refractivity contribution in [1.82, 2.24) is 0 Å². The van der Waals surface area contributed by atoms with Crippen LogP contribution in [0.3, 0.4) is 0 Å². The highest BCUT2D eigenvalue weighted by Gasteiger charge is 2.70. The molecule has 0 N–H and O–H groups in total. The highest BCUT2D eigenvalue weighted by molar-refractivity contribution is 6.30. The second-order valence-corrected chi connectivity index (χ2v) is 4.77. The zero-order valence-corrected chi connectivity index (χ0v) is 10.1. The predicted octanol–water partition coefficient (Wildman–Crippen LogP) is 1.87. The van der Waals surface area contributed by atoms with Gasteiger partial charge in [-0.15, -0.1) is 0 Å². The monoisotopic (exact) mass is 230 g/mol. The fourth-order valence-corrected chi connectivity index (χ4v) is 2.18. The topological polar surface area (TPSA) is 66.0 Å². The number of hydrogen-bond donors (Lipinski definition) is 0. The SMILES string of the molecule is Cc1ccc(C2(C(=O)C=[N+]=[N-])OC2(C)C)cc1. The molecule has 1 aliphatic rings. The number of rotatable bonds is 3. The van der Waals surface area contributed by atoms with Crippen molar-refractivity contribution in [2.75, 3.05) is 0 Å². The predicted molar refractivity (Wildman–Crippen MR) is 62.7 cm³/mol. The number of Topliss-reactive ketones (excluding diaryl/α,β-unsaturated/α-hetero) is 1. The van der Waals surface area contributed by atoms with Gasteiger partial charge in [-0.1, -0.05) is 29.8 Å². The zero-order chi connectivity index (χ0) is 12.7. The van der Waals surface area contributed by atoms with Crippen molar-refractivity contribution in [3.8, 4) is 0 Å². The number of aryl methyl sites for hydroxylation is 1. The Balaban J connectivity index is 2.48. The minimum Gasteiger partial charge on any atom is -0.361 e. The fourth-order valence-electron chi connectivity index (χ4n) is 2.18. The highest BCUT2D eigenvalue weighted by Crippen LogP contribution is 2.55. The Morgan fingerprint density at radius 3 is 2.29 bits per heavy atom. The standard InChI is InChI=1S/C13H14N2O2/c1-9-4-6-10(7-5-9)13(11(16)8-15-14)12(2,3)17-13/h4-8H,1-3H3. The summed E-state index contributed by atoms with van der Waals surface area (Å²) >= 11 is 0. The number of nitrogens with zero attached hydrogens (tertiary/aromatic N) is 2. The third-order valence-electron chi connectivity index (χ3n) is 3.19. The lowest BCUT2D eigenvalue weighted by Crippen LogP contribution is -2.30. The summed E-state index contributed by atoms with van der Waals surface area (Å²) in [6.07, 6.45) is 0.897. The van der Waals surface area contributed by atoms with Crippen molar-refractivity contribution in [3.05, 3.63) is 40.9 Å². The van der Waals surface area contributed by atoms with Crippen LogP contribution in [0.1, 0.15) is 25.0 Å². The number of ketones is 1. The normalized spacial score (nSPS) is 24.9. The van der Waals surface area contributed by atoms with E-state index in [1.165, 1.54) is 0 Å². The molecule has 4 nitrogen and oxygen atoms in total. The molecule has 0 amide bonds. The molecule has 1 aromatic carbocycles. The summed E-state index contributed by atoms with van der Waals surface area (Å²) in [5.74, 6) is -0.339. The van der Waals surface area contributed by atoms with Crippen LogP contribution in [0.5, 0.6) is 0 Å². The van der Waals surface area contributed by atoms with Gasteiger partial charge < -0.3 is 10.3 Å². The van der Waals surface area contributed by atoms with Gasteiger partial charge in [-0.3, -0.25) is 4.79 Å². The molecule has 1 aromatic rings. The van der Waals surface area contributed by atoms with Crippen LogP contribution in [-0.2, 0) is 15.1 Å². The Kier molecular flexibility index (Phi) is 2.49. The molecule has 1 unspecified atom stereocenters. The van der Waals surface area contributed by atoms with E-state index in [1.54, 1.807) is 0 Å². The molecule has 88 valence electrons. The third kappa shape index (κ3) is 1.62. The van der Waals surface area contributed by atoms with Crippen LogP contribution in [0.25, 0.3) is 5.53 Å². The summed E-state index contributed by atoms with van der Waals surface area (Å²) in [5.41, 5.74) is 8.81. The van der Waals surface area contributed by atoms with Gasteiger partial charge >= 0.3 is 6.21 Å². The van der Waals surface area contributed by atoms with Crippen LogP contribution < -0.4 is 0 Å². The Morgan fingerprint density at radius 1 is 1.35 bits per heavy atom. The summed E-state index contributed by atoms with van der Waals surface area (Å²) in [4.78, 5) is 14.8. The highest BCUT2D eigenvalue weighted by atomic mass is 16.6. The van der Waals surface area contributed by atoms with Crippen molar-refractivity contribution in [3.63, 3.8) is 0 Å². The average Bonchev–Trinajstić information content (AvgIpc) is 2.84. The summed E-state index contributed by atoms with van der Waals surface area (Å²) in [6.45, 7) is 5.66. The molecule has 0 spiro atoms. The lowest BCUT2D eigenvalue weighted by molar-refractivity contribution is -0.121. The minimum atomic E-state index is -1.01. The molecule has 2 rings (SSSR count). The molecule has 17 heavy (non-hydrogen) atoms. The Labute approximate surface area is 99.8 Å². The van der Waals surface area contributed by atoms with Crippen LogP contribution in [0, 0.1) is 6.92 Å². The molecule has 0 radical (unpaired) electrons. The van der Waals surface area contributed by atoms with Crippen molar-refractivity contribution in [2.45, 2.75) is 32.0 Å². The van der Waals surface area contributed by atoms with E-state index in [0.717, 1.165) is 17.3 Å². The largest absolute Gasteiger partial charge is 0.361 e. The number of carbonyl (C=O) groups excluding carboxylic acids is 1. The summed E-state index contributed by atoms with van der Waals surface area (Å²) in [5, 5.41) is 0. The first-order valence-electron chi connectivity index (χ1n) is 5.43. The summed E-state index contributed by atoms with van der Waals surface area (Å²) in [7, 11) is 0. The van der Waals surface area contributed by atoms with E-state index in [-0.39, 0.29) is 5.78 Å². The van der Waals surface area contributed by atoms with E-state index in [9.17, 15) is 4.79 Å². The van der Waals surface area contributed by atoms with Gasteiger partial charge in [0.15, 0.2) is 5.60 Å². The number of ether oxygens (including phenoxy) is 1. The molecule has 0 aromatic heterocycles. The van der Waals surface area contributed by atoms with E-state index in [2.05, 4.69) is 4.79 Å². The van der Waals surface area contributed by atoms with Crippen LogP contribution in [0.15, 0.2) is 24.3 Å². The quantitative estimate of drug-likeness (QED) is 0.344. The molecule has 0 bridgehead atoms.